The molecular weight excluding hydrogens is 272 g/mol. The first-order valence-corrected chi connectivity index (χ1v) is 7.23. The maximum Gasteiger partial charge on any atom is 0.136 e. The molecule has 4 nitrogen and oxygen atoms in total. The molecule has 0 spiro atoms. The molecule has 5 heteroatoms. The Balaban J connectivity index is 2.21. The summed E-state index contributed by atoms with van der Waals surface area (Å²) in [5.74, 6) is 2.44. The van der Waals surface area contributed by atoms with Gasteiger partial charge in [0.1, 0.15) is 17.5 Å². The van der Waals surface area contributed by atoms with Crippen LogP contribution in [-0.4, -0.2) is 16.5 Å². The van der Waals surface area contributed by atoms with Gasteiger partial charge in [0, 0.05) is 29.7 Å². The summed E-state index contributed by atoms with van der Waals surface area (Å²) in [4.78, 5) is 8.94. The Morgan fingerprint density at radius 1 is 1.10 bits per heavy atom. The second-order valence-electron chi connectivity index (χ2n) is 4.47. The molecule has 0 aliphatic rings. The topological polar surface area (TPSA) is 49.8 Å². The molecule has 1 aromatic carbocycles. The Morgan fingerprint density at radius 2 is 1.90 bits per heavy atom. The van der Waals surface area contributed by atoms with E-state index in [1.807, 2.05) is 37.3 Å². The van der Waals surface area contributed by atoms with Crippen molar-refractivity contribution in [2.45, 2.75) is 26.7 Å². The number of aromatic nitrogens is 2. The fourth-order valence-electron chi connectivity index (χ4n) is 1.78. The van der Waals surface area contributed by atoms with Crippen LogP contribution in [0.2, 0.25) is 5.02 Å². The van der Waals surface area contributed by atoms with Gasteiger partial charge in [-0.05, 0) is 24.6 Å². The van der Waals surface area contributed by atoms with Gasteiger partial charge in [-0.15, -0.1) is 0 Å². The molecule has 0 amide bonds. The lowest BCUT2D eigenvalue weighted by Crippen LogP contribution is -2.06. The third-order valence-electron chi connectivity index (χ3n) is 2.74. The first kappa shape index (κ1) is 14.6. The van der Waals surface area contributed by atoms with Crippen LogP contribution in [-0.2, 0) is 6.42 Å². The largest absolute Gasteiger partial charge is 0.370 e. The SMILES string of the molecule is CCCNc1cc(Nc2cccc(Cl)c2)nc(CC)n1. The van der Waals surface area contributed by atoms with Crippen molar-refractivity contribution in [3.8, 4) is 0 Å². The lowest BCUT2D eigenvalue weighted by atomic mass is 10.3. The number of anilines is 3. The van der Waals surface area contributed by atoms with E-state index in [0.29, 0.717) is 5.02 Å². The molecule has 0 fully saturated rings. The van der Waals surface area contributed by atoms with Crippen LogP contribution in [0.15, 0.2) is 30.3 Å². The third-order valence-corrected chi connectivity index (χ3v) is 2.98. The maximum atomic E-state index is 5.98. The van der Waals surface area contributed by atoms with E-state index in [4.69, 9.17) is 11.6 Å². The minimum atomic E-state index is 0.698. The molecule has 106 valence electrons. The van der Waals surface area contributed by atoms with Crippen LogP contribution < -0.4 is 10.6 Å². The zero-order valence-corrected chi connectivity index (χ0v) is 12.5. The highest BCUT2D eigenvalue weighted by Crippen LogP contribution is 2.20. The highest BCUT2D eigenvalue weighted by atomic mass is 35.5. The molecule has 2 aromatic rings. The van der Waals surface area contributed by atoms with Crippen molar-refractivity contribution in [3.63, 3.8) is 0 Å². The standard InChI is InChI=1S/C15H19ClN4/c1-3-8-17-14-10-15(20-13(4-2)19-14)18-12-7-5-6-11(16)9-12/h5-7,9-10H,3-4,8H2,1-2H3,(H2,17,18,19,20). The summed E-state index contributed by atoms with van der Waals surface area (Å²) >= 11 is 5.98. The summed E-state index contributed by atoms with van der Waals surface area (Å²) < 4.78 is 0. The average molecular weight is 291 g/mol. The second-order valence-corrected chi connectivity index (χ2v) is 4.91. The minimum Gasteiger partial charge on any atom is -0.370 e. The van der Waals surface area contributed by atoms with Crippen molar-refractivity contribution in [2.75, 3.05) is 17.2 Å². The smallest absolute Gasteiger partial charge is 0.136 e. The van der Waals surface area contributed by atoms with Crippen molar-refractivity contribution in [2.24, 2.45) is 0 Å². The molecule has 0 radical (unpaired) electrons. The van der Waals surface area contributed by atoms with Crippen molar-refractivity contribution in [3.05, 3.63) is 41.2 Å². The Kier molecular flexibility index (Phi) is 5.18. The van der Waals surface area contributed by atoms with Crippen molar-refractivity contribution < 1.29 is 0 Å². The van der Waals surface area contributed by atoms with Crippen LogP contribution >= 0.6 is 11.6 Å². The van der Waals surface area contributed by atoms with E-state index in [0.717, 1.165) is 42.5 Å². The van der Waals surface area contributed by atoms with Crippen molar-refractivity contribution >= 4 is 28.9 Å². The lowest BCUT2D eigenvalue weighted by Gasteiger charge is -2.10. The Bertz CT molecular complexity index is 572. The molecule has 0 saturated carbocycles. The van der Waals surface area contributed by atoms with Crippen LogP contribution in [0.3, 0.4) is 0 Å². The van der Waals surface area contributed by atoms with Gasteiger partial charge in [-0.3, -0.25) is 0 Å². The van der Waals surface area contributed by atoms with E-state index in [1.165, 1.54) is 0 Å². The summed E-state index contributed by atoms with van der Waals surface area (Å²) in [5, 5.41) is 7.25. The summed E-state index contributed by atoms with van der Waals surface area (Å²) in [5.41, 5.74) is 0.916. The predicted octanol–water partition coefficient (Wildman–Crippen LogP) is 4.26. The van der Waals surface area contributed by atoms with Gasteiger partial charge in [0.25, 0.3) is 0 Å². The molecule has 2 rings (SSSR count). The number of benzene rings is 1. The Labute approximate surface area is 124 Å². The van der Waals surface area contributed by atoms with Gasteiger partial charge < -0.3 is 10.6 Å². The van der Waals surface area contributed by atoms with E-state index in [9.17, 15) is 0 Å². The van der Waals surface area contributed by atoms with Crippen LogP contribution in [0.1, 0.15) is 26.1 Å². The predicted molar refractivity (Wildman–Crippen MR) is 84.9 cm³/mol. The highest BCUT2D eigenvalue weighted by molar-refractivity contribution is 6.30. The summed E-state index contributed by atoms with van der Waals surface area (Å²) in [6.45, 7) is 5.07. The Hall–Kier alpha value is -1.81. The molecule has 0 aliphatic carbocycles. The fourth-order valence-corrected chi connectivity index (χ4v) is 1.97. The van der Waals surface area contributed by atoms with Crippen LogP contribution in [0.5, 0.6) is 0 Å². The molecule has 0 atom stereocenters. The highest BCUT2D eigenvalue weighted by Gasteiger charge is 2.04. The van der Waals surface area contributed by atoms with Gasteiger partial charge in [-0.25, -0.2) is 9.97 Å². The number of hydrogen-bond donors (Lipinski definition) is 2. The van der Waals surface area contributed by atoms with E-state index in [2.05, 4.69) is 27.5 Å². The van der Waals surface area contributed by atoms with Crippen molar-refractivity contribution in [1.82, 2.24) is 9.97 Å². The normalized spacial score (nSPS) is 10.3. The van der Waals surface area contributed by atoms with E-state index in [1.54, 1.807) is 0 Å². The van der Waals surface area contributed by atoms with Crippen LogP contribution in [0.4, 0.5) is 17.3 Å². The molecule has 1 aromatic heterocycles. The monoisotopic (exact) mass is 290 g/mol. The number of rotatable bonds is 6. The number of hydrogen-bond acceptors (Lipinski definition) is 4. The fraction of sp³-hybridized carbons (Fsp3) is 0.333. The summed E-state index contributed by atoms with van der Waals surface area (Å²) in [6.07, 6.45) is 1.86. The first-order chi connectivity index (χ1) is 9.71. The maximum absolute atomic E-state index is 5.98. The molecule has 0 bridgehead atoms. The van der Waals surface area contributed by atoms with E-state index < -0.39 is 0 Å². The Morgan fingerprint density at radius 3 is 2.60 bits per heavy atom. The van der Waals surface area contributed by atoms with Gasteiger partial charge in [-0.2, -0.15) is 0 Å². The molecule has 0 aliphatic heterocycles. The molecular formula is C15H19ClN4. The third kappa shape index (κ3) is 4.10. The molecule has 0 unspecified atom stereocenters. The number of halogens is 1. The molecule has 20 heavy (non-hydrogen) atoms. The first-order valence-electron chi connectivity index (χ1n) is 6.85. The number of aryl methyl sites for hydroxylation is 1. The van der Waals surface area contributed by atoms with Crippen LogP contribution in [0, 0.1) is 0 Å². The van der Waals surface area contributed by atoms with E-state index >= 15 is 0 Å². The minimum absolute atomic E-state index is 0.698. The summed E-state index contributed by atoms with van der Waals surface area (Å²) in [6, 6.07) is 9.49. The zero-order chi connectivity index (χ0) is 14.4. The van der Waals surface area contributed by atoms with Gasteiger partial charge in [0.2, 0.25) is 0 Å². The lowest BCUT2D eigenvalue weighted by molar-refractivity contribution is 0.919. The zero-order valence-electron chi connectivity index (χ0n) is 11.8. The van der Waals surface area contributed by atoms with Gasteiger partial charge in [0.05, 0.1) is 0 Å². The van der Waals surface area contributed by atoms with Gasteiger partial charge >= 0.3 is 0 Å². The average Bonchev–Trinajstić information content (AvgIpc) is 2.45. The second kappa shape index (κ2) is 7.10. The van der Waals surface area contributed by atoms with Gasteiger partial charge in [0.15, 0.2) is 0 Å². The quantitative estimate of drug-likeness (QED) is 0.835. The molecule has 0 saturated heterocycles. The van der Waals surface area contributed by atoms with Crippen LogP contribution in [0.25, 0.3) is 0 Å². The van der Waals surface area contributed by atoms with E-state index in [-0.39, 0.29) is 0 Å². The molecule has 1 heterocycles. The number of nitrogens with zero attached hydrogens (tertiary/aromatic N) is 2. The number of nitrogens with one attached hydrogen (secondary N) is 2. The van der Waals surface area contributed by atoms with Gasteiger partial charge in [-0.1, -0.05) is 31.5 Å². The summed E-state index contributed by atoms with van der Waals surface area (Å²) in [7, 11) is 0. The molecule has 2 N–H and O–H groups in total. The van der Waals surface area contributed by atoms with Crippen molar-refractivity contribution in [1.29, 1.82) is 0 Å².